The van der Waals surface area contributed by atoms with Gasteiger partial charge in [0.05, 0.1) is 0 Å². The van der Waals surface area contributed by atoms with Gasteiger partial charge in [-0.25, -0.2) is 13.8 Å². The Labute approximate surface area is 143 Å². The molecule has 0 radical (unpaired) electrons. The van der Waals surface area contributed by atoms with Gasteiger partial charge in [0.2, 0.25) is 0 Å². The van der Waals surface area contributed by atoms with Gasteiger partial charge in [0.1, 0.15) is 17.0 Å². The zero-order chi connectivity index (χ0) is 18.2. The molecule has 1 aromatic rings. The number of allylic oxidation sites excluding steroid dienone is 4. The third kappa shape index (κ3) is 3.23. The molecule has 0 aromatic carbocycles. The van der Waals surface area contributed by atoms with E-state index in [0.29, 0.717) is 4.68 Å². The van der Waals surface area contributed by atoms with Crippen LogP contribution < -0.4 is 5.69 Å². The molecule has 3 unspecified atom stereocenters. The minimum atomic E-state index is -3.15. The number of aryl methyl sites for hydroxylation is 1. The molecule has 132 valence electrons. The van der Waals surface area contributed by atoms with Crippen molar-refractivity contribution in [1.29, 1.82) is 0 Å². The fourth-order valence-electron chi connectivity index (χ4n) is 2.40. The second-order valence-electron chi connectivity index (χ2n) is 5.15. The second-order valence-corrected chi connectivity index (χ2v) is 6.29. The molecular formula is C13H12Cl2F3N3O3. The molecule has 0 bridgehead atoms. The fourth-order valence-corrected chi connectivity index (χ4v) is 2.97. The molecule has 11 heteroatoms. The van der Waals surface area contributed by atoms with E-state index < -0.39 is 40.3 Å². The van der Waals surface area contributed by atoms with Crippen molar-refractivity contribution < 1.29 is 23.1 Å². The number of aromatic nitrogens is 3. The van der Waals surface area contributed by atoms with Crippen LogP contribution in [0.25, 0.3) is 0 Å². The summed E-state index contributed by atoms with van der Waals surface area (Å²) in [5.41, 5.74) is -1.25. The van der Waals surface area contributed by atoms with Crippen LogP contribution in [0.3, 0.4) is 0 Å². The summed E-state index contributed by atoms with van der Waals surface area (Å²) in [6.45, 7) is -1.99. The highest BCUT2D eigenvalue weighted by Crippen LogP contribution is 2.40. The van der Waals surface area contributed by atoms with Gasteiger partial charge in [-0.1, -0.05) is 17.7 Å². The number of hydrogen-bond acceptors (Lipinski definition) is 3. The van der Waals surface area contributed by atoms with Crippen LogP contribution >= 0.6 is 23.2 Å². The van der Waals surface area contributed by atoms with Gasteiger partial charge >= 0.3 is 18.2 Å². The number of rotatable bonds is 5. The molecule has 1 N–H and O–H groups in total. The van der Waals surface area contributed by atoms with Gasteiger partial charge in [-0.15, -0.1) is 11.6 Å². The van der Waals surface area contributed by atoms with E-state index in [9.17, 15) is 22.8 Å². The molecule has 6 nitrogen and oxygen atoms in total. The van der Waals surface area contributed by atoms with E-state index in [0.717, 1.165) is 12.2 Å². The van der Waals surface area contributed by atoms with Crippen molar-refractivity contribution in [2.24, 2.45) is 5.92 Å². The van der Waals surface area contributed by atoms with Gasteiger partial charge in [0, 0.05) is 5.92 Å². The SMILES string of the molecule is Cc1nn(C2(Cl)C=C(F)C=CC2CC(Cl)C(=O)O)c(=O)n1C(F)F. The number of carbonyl (C=O) groups is 1. The van der Waals surface area contributed by atoms with Crippen LogP contribution in [0, 0.1) is 12.8 Å². The maximum absolute atomic E-state index is 13.7. The highest BCUT2D eigenvalue weighted by atomic mass is 35.5. The molecule has 0 fully saturated rings. The molecule has 0 spiro atoms. The molecule has 0 saturated heterocycles. The van der Waals surface area contributed by atoms with Gasteiger partial charge in [0.25, 0.3) is 0 Å². The third-order valence-corrected chi connectivity index (χ3v) is 4.49. The smallest absolute Gasteiger partial charge is 0.352 e. The molecule has 1 aromatic heterocycles. The van der Waals surface area contributed by atoms with E-state index in [4.69, 9.17) is 28.3 Å². The predicted octanol–water partition coefficient (Wildman–Crippen LogP) is 2.76. The Hall–Kier alpha value is -1.74. The maximum atomic E-state index is 13.7. The lowest BCUT2D eigenvalue weighted by Gasteiger charge is -2.33. The van der Waals surface area contributed by atoms with Crippen molar-refractivity contribution in [2.45, 2.75) is 30.3 Å². The Morgan fingerprint density at radius 3 is 2.67 bits per heavy atom. The molecular weight excluding hydrogens is 374 g/mol. The lowest BCUT2D eigenvalue weighted by molar-refractivity contribution is -0.136. The lowest BCUT2D eigenvalue weighted by atomic mass is 9.89. The van der Waals surface area contributed by atoms with Gasteiger partial charge in [-0.2, -0.15) is 18.6 Å². The Morgan fingerprint density at radius 2 is 2.17 bits per heavy atom. The normalized spacial score (nSPS) is 25.0. The van der Waals surface area contributed by atoms with Crippen LogP contribution in [-0.4, -0.2) is 30.8 Å². The summed E-state index contributed by atoms with van der Waals surface area (Å²) in [5, 5.41) is 11.2. The van der Waals surface area contributed by atoms with Gasteiger partial charge in [-0.3, -0.25) is 4.79 Å². The van der Waals surface area contributed by atoms with Crippen molar-refractivity contribution in [3.63, 3.8) is 0 Å². The maximum Gasteiger partial charge on any atom is 0.352 e. The first-order chi connectivity index (χ1) is 11.1. The number of aliphatic carboxylic acids is 1. The zero-order valence-corrected chi connectivity index (χ0v) is 13.7. The van der Waals surface area contributed by atoms with Crippen molar-refractivity contribution in [3.8, 4) is 0 Å². The second kappa shape index (κ2) is 6.64. The van der Waals surface area contributed by atoms with Crippen LogP contribution in [0.1, 0.15) is 18.8 Å². The first-order valence-corrected chi connectivity index (χ1v) is 7.48. The monoisotopic (exact) mass is 385 g/mol. The summed E-state index contributed by atoms with van der Waals surface area (Å²) in [5.74, 6) is -3.44. The van der Waals surface area contributed by atoms with Crippen molar-refractivity contribution in [2.75, 3.05) is 0 Å². The predicted molar refractivity (Wildman–Crippen MR) is 80.0 cm³/mol. The highest BCUT2D eigenvalue weighted by Gasteiger charge is 2.43. The summed E-state index contributed by atoms with van der Waals surface area (Å²) in [7, 11) is 0. The average molecular weight is 386 g/mol. The highest BCUT2D eigenvalue weighted by molar-refractivity contribution is 6.29. The van der Waals surface area contributed by atoms with Crippen LogP contribution in [0.4, 0.5) is 13.2 Å². The topological polar surface area (TPSA) is 77.1 Å². The molecule has 2 rings (SSSR count). The lowest BCUT2D eigenvalue weighted by Crippen LogP contribution is -2.44. The largest absolute Gasteiger partial charge is 0.480 e. The zero-order valence-electron chi connectivity index (χ0n) is 12.2. The van der Waals surface area contributed by atoms with Crippen molar-refractivity contribution >= 4 is 29.2 Å². The summed E-state index contributed by atoms with van der Waals surface area (Å²) in [6, 6.07) is 0. The van der Waals surface area contributed by atoms with Crippen LogP contribution in [0.15, 0.2) is 28.8 Å². The molecule has 1 aliphatic rings. The Balaban J connectivity index is 2.54. The van der Waals surface area contributed by atoms with Crippen molar-refractivity contribution in [3.05, 3.63) is 40.4 Å². The average Bonchev–Trinajstić information content (AvgIpc) is 2.77. The van der Waals surface area contributed by atoms with Crippen LogP contribution in [-0.2, 0) is 9.79 Å². The molecule has 0 aliphatic heterocycles. The minimum Gasteiger partial charge on any atom is -0.480 e. The van der Waals surface area contributed by atoms with Crippen molar-refractivity contribution in [1.82, 2.24) is 14.3 Å². The Kier molecular flexibility index (Phi) is 5.14. The third-order valence-electron chi connectivity index (χ3n) is 3.58. The van der Waals surface area contributed by atoms with Crippen LogP contribution in [0.2, 0.25) is 0 Å². The number of nitrogens with zero attached hydrogens (tertiary/aromatic N) is 3. The summed E-state index contributed by atoms with van der Waals surface area (Å²) in [4.78, 5) is 21.1. The standard InChI is InChI=1S/C13H12Cl2F3N3O3/c1-6-19-21(12(24)20(6)11(17)18)13(15)5-8(16)3-2-7(13)4-9(14)10(22)23/h2-3,5,7,9,11H,4H2,1H3,(H,22,23). The summed E-state index contributed by atoms with van der Waals surface area (Å²) >= 11 is 12.0. The molecule has 1 heterocycles. The molecule has 0 amide bonds. The van der Waals surface area contributed by atoms with E-state index >= 15 is 0 Å². The number of hydrogen-bond donors (Lipinski definition) is 1. The van der Waals surface area contributed by atoms with E-state index in [2.05, 4.69) is 5.10 Å². The molecule has 3 atom stereocenters. The first-order valence-electron chi connectivity index (χ1n) is 6.67. The summed E-state index contributed by atoms with van der Waals surface area (Å²) in [6.07, 6.45) is 2.80. The Bertz CT molecular complexity index is 774. The minimum absolute atomic E-state index is 0.0978. The number of halogens is 5. The number of alkyl halides is 4. The van der Waals surface area contributed by atoms with Gasteiger partial charge < -0.3 is 5.11 Å². The fraction of sp³-hybridized carbons (Fsp3) is 0.462. The number of carboxylic acids is 1. The van der Waals surface area contributed by atoms with E-state index in [1.54, 1.807) is 0 Å². The summed E-state index contributed by atoms with van der Waals surface area (Å²) < 4.78 is 40.2. The van der Waals surface area contributed by atoms with Gasteiger partial charge in [-0.05, 0) is 25.5 Å². The Morgan fingerprint density at radius 1 is 1.54 bits per heavy atom. The van der Waals surface area contributed by atoms with E-state index in [1.165, 1.54) is 13.0 Å². The molecule has 24 heavy (non-hydrogen) atoms. The van der Waals surface area contributed by atoms with Gasteiger partial charge in [0.15, 0.2) is 5.00 Å². The number of carboxylic acid groups (broad SMARTS) is 1. The molecule has 0 saturated carbocycles. The first kappa shape index (κ1) is 18.6. The quantitative estimate of drug-likeness (QED) is 0.790. The van der Waals surface area contributed by atoms with E-state index in [1.807, 2.05) is 0 Å². The van der Waals surface area contributed by atoms with Crippen LogP contribution in [0.5, 0.6) is 0 Å². The molecule has 1 aliphatic carbocycles. The van der Waals surface area contributed by atoms with E-state index in [-0.39, 0.29) is 16.8 Å².